The molecule has 3 heteroatoms. The van der Waals surface area contributed by atoms with Crippen molar-refractivity contribution in [3.63, 3.8) is 0 Å². The van der Waals surface area contributed by atoms with E-state index in [1.807, 2.05) is 30.3 Å². The molecule has 0 bridgehead atoms. The molecular weight excluding hydrogens is 262 g/mol. The molecule has 0 radical (unpaired) electrons. The van der Waals surface area contributed by atoms with E-state index in [2.05, 4.69) is 29.4 Å². The summed E-state index contributed by atoms with van der Waals surface area (Å²) in [5.41, 5.74) is 3.42. The summed E-state index contributed by atoms with van der Waals surface area (Å²) in [5.74, 6) is 0. The standard InChI is InChI=1S/C18H21NO2/c20-13-5-2-6-14-21-19-15-16-9-11-18(12-10-16)17-7-3-1-4-8-17/h1,3-4,7-12,15,20H,2,5-6,13-14H2/b19-15+. The van der Waals surface area contributed by atoms with E-state index in [9.17, 15) is 0 Å². The number of nitrogens with zero attached hydrogens (tertiary/aromatic N) is 1. The molecule has 0 fully saturated rings. The van der Waals surface area contributed by atoms with Crippen molar-refractivity contribution < 1.29 is 9.94 Å². The minimum Gasteiger partial charge on any atom is -0.396 e. The number of oxime groups is 1. The second-order valence-electron chi connectivity index (χ2n) is 4.84. The van der Waals surface area contributed by atoms with Gasteiger partial charge in [0, 0.05) is 6.61 Å². The average Bonchev–Trinajstić information content (AvgIpc) is 2.55. The summed E-state index contributed by atoms with van der Waals surface area (Å²) in [6, 6.07) is 18.5. The third-order valence-corrected chi connectivity index (χ3v) is 3.19. The number of hydrogen-bond acceptors (Lipinski definition) is 3. The average molecular weight is 283 g/mol. The molecule has 1 N–H and O–H groups in total. The lowest BCUT2D eigenvalue weighted by molar-refractivity contribution is 0.139. The first kappa shape index (κ1) is 15.3. The van der Waals surface area contributed by atoms with E-state index in [-0.39, 0.29) is 6.61 Å². The van der Waals surface area contributed by atoms with Crippen molar-refractivity contribution >= 4 is 6.21 Å². The second kappa shape index (κ2) is 8.93. The summed E-state index contributed by atoms with van der Waals surface area (Å²) in [6.45, 7) is 0.843. The molecule has 0 unspecified atom stereocenters. The first-order valence-electron chi connectivity index (χ1n) is 7.32. The lowest BCUT2D eigenvalue weighted by atomic mass is 10.0. The maximum absolute atomic E-state index is 8.65. The van der Waals surface area contributed by atoms with Crippen molar-refractivity contribution in [2.75, 3.05) is 13.2 Å². The monoisotopic (exact) mass is 283 g/mol. The molecule has 110 valence electrons. The van der Waals surface area contributed by atoms with Crippen molar-refractivity contribution in [2.24, 2.45) is 5.16 Å². The highest BCUT2D eigenvalue weighted by atomic mass is 16.6. The van der Waals surface area contributed by atoms with Crippen LogP contribution in [0, 0.1) is 0 Å². The third-order valence-electron chi connectivity index (χ3n) is 3.19. The summed E-state index contributed by atoms with van der Waals surface area (Å²) >= 11 is 0. The Morgan fingerprint density at radius 1 is 0.857 bits per heavy atom. The number of benzene rings is 2. The molecule has 0 atom stereocenters. The van der Waals surface area contributed by atoms with Crippen LogP contribution in [0.4, 0.5) is 0 Å². The van der Waals surface area contributed by atoms with Gasteiger partial charge in [0.25, 0.3) is 0 Å². The zero-order valence-corrected chi connectivity index (χ0v) is 12.1. The molecule has 3 nitrogen and oxygen atoms in total. The Morgan fingerprint density at radius 3 is 2.29 bits per heavy atom. The van der Waals surface area contributed by atoms with Crippen LogP contribution in [0.5, 0.6) is 0 Å². The fourth-order valence-corrected chi connectivity index (χ4v) is 2.00. The smallest absolute Gasteiger partial charge is 0.117 e. The van der Waals surface area contributed by atoms with Gasteiger partial charge in [-0.15, -0.1) is 0 Å². The van der Waals surface area contributed by atoms with Crippen molar-refractivity contribution in [3.8, 4) is 11.1 Å². The van der Waals surface area contributed by atoms with E-state index < -0.39 is 0 Å². The summed E-state index contributed by atoms with van der Waals surface area (Å²) in [5, 5.41) is 12.6. The van der Waals surface area contributed by atoms with Crippen LogP contribution in [0.2, 0.25) is 0 Å². The molecule has 2 aromatic rings. The Bertz CT molecular complexity index is 535. The fourth-order valence-electron chi connectivity index (χ4n) is 2.00. The van der Waals surface area contributed by atoms with Crippen molar-refractivity contribution in [1.82, 2.24) is 0 Å². The van der Waals surface area contributed by atoms with Crippen molar-refractivity contribution in [1.29, 1.82) is 0 Å². The molecule has 2 aromatic carbocycles. The highest BCUT2D eigenvalue weighted by Gasteiger charge is 1.96. The second-order valence-corrected chi connectivity index (χ2v) is 4.84. The largest absolute Gasteiger partial charge is 0.396 e. The van der Waals surface area contributed by atoms with Gasteiger partial charge in [-0.25, -0.2) is 0 Å². The van der Waals surface area contributed by atoms with E-state index in [1.54, 1.807) is 6.21 Å². The zero-order valence-electron chi connectivity index (χ0n) is 12.1. The molecule has 0 aliphatic heterocycles. The zero-order chi connectivity index (χ0) is 14.8. The molecule has 0 spiro atoms. The van der Waals surface area contributed by atoms with E-state index in [4.69, 9.17) is 9.94 Å². The quantitative estimate of drug-likeness (QED) is 0.454. The van der Waals surface area contributed by atoms with E-state index in [0.29, 0.717) is 6.61 Å². The van der Waals surface area contributed by atoms with Gasteiger partial charge in [-0.1, -0.05) is 59.8 Å². The van der Waals surface area contributed by atoms with Crippen LogP contribution in [0.25, 0.3) is 11.1 Å². The van der Waals surface area contributed by atoms with Gasteiger partial charge in [0.15, 0.2) is 0 Å². The van der Waals surface area contributed by atoms with Crippen molar-refractivity contribution in [2.45, 2.75) is 19.3 Å². The van der Waals surface area contributed by atoms with Crippen LogP contribution in [0.1, 0.15) is 24.8 Å². The Labute approximate surface area is 125 Å². The van der Waals surface area contributed by atoms with Crippen LogP contribution in [-0.4, -0.2) is 24.5 Å². The summed E-state index contributed by atoms with van der Waals surface area (Å²) in [7, 11) is 0. The third kappa shape index (κ3) is 5.40. The molecule has 0 aromatic heterocycles. The fraction of sp³-hybridized carbons (Fsp3) is 0.278. The highest BCUT2D eigenvalue weighted by Crippen LogP contribution is 2.18. The van der Waals surface area contributed by atoms with Gasteiger partial charge in [-0.05, 0) is 36.0 Å². The highest BCUT2D eigenvalue weighted by molar-refractivity contribution is 5.80. The van der Waals surface area contributed by atoms with Crippen molar-refractivity contribution in [3.05, 3.63) is 60.2 Å². The van der Waals surface area contributed by atoms with Crippen LogP contribution in [0.3, 0.4) is 0 Å². The van der Waals surface area contributed by atoms with Gasteiger partial charge in [-0.2, -0.15) is 0 Å². The Kier molecular flexibility index (Phi) is 6.49. The molecule has 0 amide bonds. The molecule has 2 rings (SSSR count). The first-order chi connectivity index (χ1) is 10.4. The lowest BCUT2D eigenvalue weighted by Gasteiger charge is -2.02. The number of rotatable bonds is 8. The van der Waals surface area contributed by atoms with Crippen LogP contribution in [0.15, 0.2) is 59.8 Å². The minimum atomic E-state index is 0.247. The molecule has 0 aliphatic carbocycles. The summed E-state index contributed by atoms with van der Waals surface area (Å²) in [6.07, 6.45) is 4.44. The molecule has 21 heavy (non-hydrogen) atoms. The SMILES string of the molecule is OCCCCCO/N=C/c1ccc(-c2ccccc2)cc1. The van der Waals surface area contributed by atoms with E-state index >= 15 is 0 Å². The predicted molar refractivity (Wildman–Crippen MR) is 86.4 cm³/mol. The van der Waals surface area contributed by atoms with Gasteiger partial charge in [0.2, 0.25) is 0 Å². The van der Waals surface area contributed by atoms with Gasteiger partial charge in [-0.3, -0.25) is 0 Å². The summed E-state index contributed by atoms with van der Waals surface area (Å²) < 4.78 is 0. The Balaban J connectivity index is 1.80. The van der Waals surface area contributed by atoms with Gasteiger partial charge in [0.1, 0.15) is 6.61 Å². The first-order valence-corrected chi connectivity index (χ1v) is 7.32. The molecule has 0 aliphatic rings. The molecule has 0 heterocycles. The topological polar surface area (TPSA) is 41.8 Å². The van der Waals surface area contributed by atoms with Crippen LogP contribution < -0.4 is 0 Å². The maximum atomic E-state index is 8.65. The van der Waals surface area contributed by atoms with E-state index in [0.717, 1.165) is 24.8 Å². The lowest BCUT2D eigenvalue weighted by Crippen LogP contribution is -1.91. The van der Waals surface area contributed by atoms with Gasteiger partial charge >= 0.3 is 0 Å². The van der Waals surface area contributed by atoms with Crippen LogP contribution in [-0.2, 0) is 4.84 Å². The van der Waals surface area contributed by atoms with Gasteiger partial charge < -0.3 is 9.94 Å². The molecule has 0 saturated heterocycles. The van der Waals surface area contributed by atoms with Crippen LogP contribution >= 0.6 is 0 Å². The number of aliphatic hydroxyl groups is 1. The maximum Gasteiger partial charge on any atom is 0.117 e. The Morgan fingerprint density at radius 2 is 1.57 bits per heavy atom. The molecular formula is C18H21NO2. The number of hydrogen-bond donors (Lipinski definition) is 1. The number of unbranched alkanes of at least 4 members (excludes halogenated alkanes) is 2. The predicted octanol–water partition coefficient (Wildman–Crippen LogP) is 3.87. The van der Waals surface area contributed by atoms with E-state index in [1.165, 1.54) is 11.1 Å². The number of aliphatic hydroxyl groups excluding tert-OH is 1. The minimum absolute atomic E-state index is 0.247. The normalized spacial score (nSPS) is 10.9. The molecule has 0 saturated carbocycles. The Hall–Kier alpha value is -2.13. The summed E-state index contributed by atoms with van der Waals surface area (Å²) in [4.78, 5) is 5.19. The van der Waals surface area contributed by atoms with Gasteiger partial charge in [0.05, 0.1) is 6.21 Å².